The van der Waals surface area contributed by atoms with Crippen LogP contribution < -0.4 is 10.6 Å². The molecule has 2 amide bonds. The molecule has 5 aliphatic rings. The molecule has 0 aromatic heterocycles. The van der Waals surface area contributed by atoms with Crippen LogP contribution in [-0.4, -0.2) is 56.4 Å². The summed E-state index contributed by atoms with van der Waals surface area (Å²) in [5.41, 5.74) is 0.121. The molecule has 5 rings (SSSR count). The van der Waals surface area contributed by atoms with Gasteiger partial charge in [-0.05, 0) is 81.6 Å². The second-order valence-electron chi connectivity index (χ2n) is 9.33. The van der Waals surface area contributed by atoms with Crippen molar-refractivity contribution in [3.63, 3.8) is 0 Å². The molecule has 25 heavy (non-hydrogen) atoms. The molecule has 5 heteroatoms. The van der Waals surface area contributed by atoms with Crippen molar-refractivity contribution in [1.29, 1.82) is 0 Å². The zero-order valence-electron chi connectivity index (χ0n) is 15.8. The van der Waals surface area contributed by atoms with Crippen LogP contribution >= 0.6 is 0 Å². The Morgan fingerprint density at radius 2 is 1.84 bits per heavy atom. The van der Waals surface area contributed by atoms with Gasteiger partial charge in [0.25, 0.3) is 0 Å². The molecule has 0 aromatic carbocycles. The zero-order valence-corrected chi connectivity index (χ0v) is 15.8. The van der Waals surface area contributed by atoms with E-state index < -0.39 is 0 Å². The Labute approximate surface area is 152 Å². The Balaban J connectivity index is 1.23. The van der Waals surface area contributed by atoms with Crippen LogP contribution in [0.15, 0.2) is 0 Å². The predicted molar refractivity (Wildman–Crippen MR) is 98.5 cm³/mol. The lowest BCUT2D eigenvalue weighted by atomic mass is 9.53. The van der Waals surface area contributed by atoms with Gasteiger partial charge < -0.3 is 20.3 Å². The van der Waals surface area contributed by atoms with Crippen LogP contribution in [0.4, 0.5) is 4.79 Å². The van der Waals surface area contributed by atoms with E-state index in [0.717, 1.165) is 44.0 Å². The van der Waals surface area contributed by atoms with E-state index in [2.05, 4.69) is 15.5 Å². The molecule has 1 unspecified atom stereocenters. The van der Waals surface area contributed by atoms with Gasteiger partial charge in [-0.1, -0.05) is 0 Å². The molecule has 1 heterocycles. The lowest BCUT2D eigenvalue weighted by molar-refractivity contribution is -0.0136. The zero-order chi connectivity index (χ0) is 17.3. The Kier molecular flexibility index (Phi) is 5.23. The first kappa shape index (κ1) is 17.6. The largest absolute Gasteiger partial charge is 0.383 e. The molecule has 0 aromatic rings. The molecule has 0 spiro atoms. The number of amides is 2. The first-order valence-electron chi connectivity index (χ1n) is 10.4. The molecule has 142 valence electrons. The van der Waals surface area contributed by atoms with Crippen molar-refractivity contribution in [1.82, 2.24) is 15.5 Å². The van der Waals surface area contributed by atoms with Gasteiger partial charge in [0, 0.05) is 32.3 Å². The normalized spacial score (nSPS) is 40.2. The molecule has 5 nitrogen and oxygen atoms in total. The fourth-order valence-corrected chi connectivity index (χ4v) is 6.53. The standard InChI is InChI=1S/C20H35N3O2/c1-25-6-5-23-4-2-3-15(14-23)13-21-19(24)22-20-10-16-7-17(11-20)9-18(8-16)12-20/h15-18H,2-14H2,1H3,(H2,21,22,24). The number of hydrogen-bond acceptors (Lipinski definition) is 3. The third-order valence-corrected chi connectivity index (χ3v) is 7.18. The summed E-state index contributed by atoms with van der Waals surface area (Å²) in [5.74, 6) is 3.20. The Morgan fingerprint density at radius 3 is 2.48 bits per heavy atom. The lowest BCUT2D eigenvalue weighted by Gasteiger charge is -2.56. The SMILES string of the molecule is COCCN1CCCC(CNC(=O)NC23CC4CC(CC(C4)C2)C3)C1. The minimum atomic E-state index is 0.0796. The smallest absolute Gasteiger partial charge is 0.315 e. The first-order valence-corrected chi connectivity index (χ1v) is 10.4. The van der Waals surface area contributed by atoms with Gasteiger partial charge in [0.15, 0.2) is 0 Å². The van der Waals surface area contributed by atoms with E-state index in [9.17, 15) is 4.79 Å². The summed E-state index contributed by atoms with van der Waals surface area (Å²) in [6.07, 6.45) is 10.4. The highest BCUT2D eigenvalue weighted by molar-refractivity contribution is 5.74. The average molecular weight is 350 g/mol. The number of rotatable bonds is 6. The Morgan fingerprint density at radius 1 is 1.16 bits per heavy atom. The van der Waals surface area contributed by atoms with Gasteiger partial charge >= 0.3 is 6.03 Å². The molecular weight excluding hydrogens is 314 g/mol. The van der Waals surface area contributed by atoms with E-state index in [4.69, 9.17) is 4.74 Å². The summed E-state index contributed by atoms with van der Waals surface area (Å²) in [5, 5.41) is 6.62. The number of hydrogen-bond donors (Lipinski definition) is 2. The summed E-state index contributed by atoms with van der Waals surface area (Å²) in [4.78, 5) is 15.0. The number of carbonyl (C=O) groups excluding carboxylic acids is 1. The highest BCUT2D eigenvalue weighted by Crippen LogP contribution is 2.55. The maximum atomic E-state index is 12.6. The molecular formula is C20H35N3O2. The number of nitrogens with zero attached hydrogens (tertiary/aromatic N) is 1. The highest BCUT2D eigenvalue weighted by Gasteiger charge is 2.51. The summed E-state index contributed by atoms with van der Waals surface area (Å²) < 4.78 is 5.19. The lowest BCUT2D eigenvalue weighted by Crippen LogP contribution is -2.61. The number of nitrogens with one attached hydrogen (secondary N) is 2. The van der Waals surface area contributed by atoms with Gasteiger partial charge in [0.2, 0.25) is 0 Å². The average Bonchev–Trinajstić information content (AvgIpc) is 2.57. The second kappa shape index (κ2) is 7.43. The van der Waals surface area contributed by atoms with Crippen molar-refractivity contribution in [2.75, 3.05) is 39.9 Å². The molecule has 4 aliphatic carbocycles. The number of ether oxygens (including phenoxy) is 1. The minimum Gasteiger partial charge on any atom is -0.383 e. The van der Waals surface area contributed by atoms with Crippen molar-refractivity contribution >= 4 is 6.03 Å². The third kappa shape index (κ3) is 4.13. The Hall–Kier alpha value is -0.810. The molecule has 4 saturated carbocycles. The van der Waals surface area contributed by atoms with Crippen LogP contribution in [0.3, 0.4) is 0 Å². The molecule has 0 radical (unpaired) electrons. The quantitative estimate of drug-likeness (QED) is 0.775. The van der Waals surface area contributed by atoms with Crippen LogP contribution in [0, 0.1) is 23.7 Å². The fourth-order valence-electron chi connectivity index (χ4n) is 6.53. The molecule has 4 bridgehead atoms. The van der Waals surface area contributed by atoms with Gasteiger partial charge in [-0.15, -0.1) is 0 Å². The van der Waals surface area contributed by atoms with Gasteiger partial charge in [0.1, 0.15) is 0 Å². The summed E-state index contributed by atoms with van der Waals surface area (Å²) >= 11 is 0. The highest BCUT2D eigenvalue weighted by atomic mass is 16.5. The first-order chi connectivity index (χ1) is 12.1. The van der Waals surface area contributed by atoms with E-state index in [1.54, 1.807) is 7.11 Å². The van der Waals surface area contributed by atoms with Crippen LogP contribution in [0.2, 0.25) is 0 Å². The number of carbonyl (C=O) groups is 1. The van der Waals surface area contributed by atoms with Gasteiger partial charge in [-0.3, -0.25) is 0 Å². The Bertz CT molecular complexity index is 446. The van der Waals surface area contributed by atoms with E-state index in [-0.39, 0.29) is 11.6 Å². The number of likely N-dealkylation sites (tertiary alicyclic amines) is 1. The van der Waals surface area contributed by atoms with Crippen LogP contribution in [0.5, 0.6) is 0 Å². The van der Waals surface area contributed by atoms with Gasteiger partial charge in [-0.2, -0.15) is 0 Å². The maximum absolute atomic E-state index is 12.6. The van der Waals surface area contributed by atoms with Crippen LogP contribution in [0.25, 0.3) is 0 Å². The maximum Gasteiger partial charge on any atom is 0.315 e. The predicted octanol–water partition coefficient (Wildman–Crippen LogP) is 2.61. The molecule has 2 N–H and O–H groups in total. The van der Waals surface area contributed by atoms with Crippen LogP contribution in [0.1, 0.15) is 51.4 Å². The molecule has 1 aliphatic heterocycles. The summed E-state index contributed by atoms with van der Waals surface area (Å²) in [6.45, 7) is 4.86. The van der Waals surface area contributed by atoms with Crippen LogP contribution in [-0.2, 0) is 4.74 Å². The minimum absolute atomic E-state index is 0.0796. The third-order valence-electron chi connectivity index (χ3n) is 7.18. The monoisotopic (exact) mass is 349 g/mol. The van der Waals surface area contributed by atoms with Crippen molar-refractivity contribution in [3.05, 3.63) is 0 Å². The number of piperidine rings is 1. The van der Waals surface area contributed by atoms with Gasteiger partial charge in [0.05, 0.1) is 6.61 Å². The van der Waals surface area contributed by atoms with E-state index in [1.165, 1.54) is 57.9 Å². The summed E-state index contributed by atoms with van der Waals surface area (Å²) in [7, 11) is 1.76. The van der Waals surface area contributed by atoms with Crippen molar-refractivity contribution in [2.24, 2.45) is 23.7 Å². The topological polar surface area (TPSA) is 53.6 Å². The van der Waals surface area contributed by atoms with Crippen molar-refractivity contribution < 1.29 is 9.53 Å². The van der Waals surface area contributed by atoms with E-state index in [0.29, 0.717) is 5.92 Å². The van der Waals surface area contributed by atoms with E-state index >= 15 is 0 Å². The van der Waals surface area contributed by atoms with E-state index in [1.807, 2.05) is 0 Å². The fraction of sp³-hybridized carbons (Fsp3) is 0.950. The van der Waals surface area contributed by atoms with Crippen molar-refractivity contribution in [3.8, 4) is 0 Å². The summed E-state index contributed by atoms with van der Waals surface area (Å²) in [6, 6.07) is 0.0796. The van der Waals surface area contributed by atoms with Gasteiger partial charge in [-0.25, -0.2) is 4.79 Å². The second-order valence-corrected chi connectivity index (χ2v) is 9.33. The number of methoxy groups -OCH3 is 1. The number of urea groups is 1. The molecule has 1 atom stereocenters. The molecule has 1 saturated heterocycles. The van der Waals surface area contributed by atoms with Crippen molar-refractivity contribution in [2.45, 2.75) is 56.9 Å². The molecule has 5 fully saturated rings.